The highest BCUT2D eigenvalue weighted by Crippen LogP contribution is 2.39. The van der Waals surface area contributed by atoms with Crippen molar-refractivity contribution in [1.82, 2.24) is 0 Å². The monoisotopic (exact) mass is 349 g/mol. The molecule has 0 amide bonds. The van der Waals surface area contributed by atoms with Gasteiger partial charge in [0.05, 0.1) is 0 Å². The van der Waals surface area contributed by atoms with Crippen LogP contribution in [0.3, 0.4) is 0 Å². The third kappa shape index (κ3) is 3.87. The van der Waals surface area contributed by atoms with Crippen LogP contribution in [0.4, 0.5) is 0 Å². The van der Waals surface area contributed by atoms with E-state index in [2.05, 4.69) is 73.1 Å². The maximum Gasteiger partial charge on any atom is 0.0493 e. The van der Waals surface area contributed by atoms with Crippen LogP contribution in [0.25, 0.3) is 0 Å². The van der Waals surface area contributed by atoms with E-state index < -0.39 is 0 Å². The van der Waals surface area contributed by atoms with E-state index in [1.165, 1.54) is 21.6 Å². The molecule has 2 rings (SSSR count). The number of benzene rings is 2. The van der Waals surface area contributed by atoms with E-state index in [0.29, 0.717) is 0 Å². The molecule has 1 nitrogen and oxygen atoms in total. The first-order chi connectivity index (χ1) is 9.47. The number of aryl methyl sites for hydroxylation is 2. The molecule has 0 aliphatic carbocycles. The van der Waals surface area contributed by atoms with Crippen LogP contribution in [0.1, 0.15) is 28.9 Å². The average Bonchev–Trinajstić information content (AvgIpc) is 2.39. The van der Waals surface area contributed by atoms with Gasteiger partial charge in [0, 0.05) is 20.7 Å². The first-order valence-corrected chi connectivity index (χ1v) is 8.39. The molecule has 20 heavy (non-hydrogen) atoms. The normalized spacial score (nSPS) is 14.1. The summed E-state index contributed by atoms with van der Waals surface area (Å²) in [7, 11) is 0. The molecule has 2 atom stereocenters. The largest absolute Gasteiger partial charge is 0.327 e. The molecule has 0 aliphatic rings. The Balaban J connectivity index is 2.33. The van der Waals surface area contributed by atoms with Gasteiger partial charge in [0.25, 0.3) is 0 Å². The number of halogens is 1. The van der Waals surface area contributed by atoms with Crippen molar-refractivity contribution in [2.45, 2.75) is 37.0 Å². The van der Waals surface area contributed by atoms with Crippen LogP contribution in [0, 0.1) is 13.8 Å². The predicted octanol–water partition coefficient (Wildman–Crippen LogP) is 5.25. The summed E-state index contributed by atoms with van der Waals surface area (Å²) in [6, 6.07) is 15.1. The van der Waals surface area contributed by atoms with Crippen molar-refractivity contribution >= 4 is 27.7 Å². The minimum Gasteiger partial charge on any atom is -0.327 e. The average molecular weight is 350 g/mol. The minimum atomic E-state index is 0.0919. The molecule has 0 saturated heterocycles. The van der Waals surface area contributed by atoms with E-state index in [4.69, 9.17) is 5.73 Å². The number of hydrogen-bond acceptors (Lipinski definition) is 2. The van der Waals surface area contributed by atoms with Gasteiger partial charge in [-0.3, -0.25) is 0 Å². The van der Waals surface area contributed by atoms with Gasteiger partial charge in [0.15, 0.2) is 0 Å². The van der Waals surface area contributed by atoms with Crippen LogP contribution in [-0.4, -0.2) is 6.04 Å². The summed E-state index contributed by atoms with van der Waals surface area (Å²) in [6.45, 7) is 6.36. The Morgan fingerprint density at radius 1 is 1.10 bits per heavy atom. The van der Waals surface area contributed by atoms with Crippen molar-refractivity contribution < 1.29 is 0 Å². The Morgan fingerprint density at radius 2 is 1.85 bits per heavy atom. The second-order valence-electron chi connectivity index (χ2n) is 5.22. The molecular weight excluding hydrogens is 330 g/mol. The van der Waals surface area contributed by atoms with E-state index in [0.717, 1.165) is 4.47 Å². The van der Waals surface area contributed by atoms with Gasteiger partial charge in [-0.15, -0.1) is 11.8 Å². The SMILES string of the molecule is Cc1ccc(C)c(SC(c2cccc(Br)c2)C(C)N)c1. The molecule has 2 N–H and O–H groups in total. The fraction of sp³-hybridized carbons (Fsp3) is 0.294. The van der Waals surface area contributed by atoms with E-state index in [9.17, 15) is 0 Å². The summed E-state index contributed by atoms with van der Waals surface area (Å²) in [6.07, 6.45) is 0. The zero-order valence-electron chi connectivity index (χ0n) is 12.1. The third-order valence-corrected chi connectivity index (χ3v) is 5.39. The molecule has 0 aliphatic heterocycles. The van der Waals surface area contributed by atoms with Crippen LogP contribution in [0.15, 0.2) is 51.8 Å². The van der Waals surface area contributed by atoms with E-state index >= 15 is 0 Å². The Morgan fingerprint density at radius 3 is 2.50 bits per heavy atom. The molecule has 0 fully saturated rings. The highest BCUT2D eigenvalue weighted by molar-refractivity contribution is 9.10. The maximum absolute atomic E-state index is 6.22. The highest BCUT2D eigenvalue weighted by Gasteiger charge is 2.19. The van der Waals surface area contributed by atoms with Gasteiger partial charge < -0.3 is 5.73 Å². The molecule has 0 spiro atoms. The van der Waals surface area contributed by atoms with Gasteiger partial charge in [-0.25, -0.2) is 0 Å². The lowest BCUT2D eigenvalue weighted by Crippen LogP contribution is -2.22. The second-order valence-corrected chi connectivity index (χ2v) is 7.32. The van der Waals surface area contributed by atoms with Crippen LogP contribution in [-0.2, 0) is 0 Å². The molecule has 3 heteroatoms. The number of nitrogens with two attached hydrogens (primary N) is 1. The quantitative estimate of drug-likeness (QED) is 0.763. The third-order valence-electron chi connectivity index (χ3n) is 3.25. The predicted molar refractivity (Wildman–Crippen MR) is 92.3 cm³/mol. The fourth-order valence-electron chi connectivity index (χ4n) is 2.13. The Labute approximate surface area is 134 Å². The van der Waals surface area contributed by atoms with Crippen LogP contribution < -0.4 is 5.73 Å². The van der Waals surface area contributed by atoms with Crippen molar-refractivity contribution in [3.8, 4) is 0 Å². The summed E-state index contributed by atoms with van der Waals surface area (Å²) in [5.74, 6) is 0. The summed E-state index contributed by atoms with van der Waals surface area (Å²) in [5.41, 5.74) is 10.1. The zero-order valence-corrected chi connectivity index (χ0v) is 14.5. The van der Waals surface area contributed by atoms with Gasteiger partial charge in [-0.2, -0.15) is 0 Å². The first-order valence-electron chi connectivity index (χ1n) is 6.72. The Kier molecular flexibility index (Phi) is 5.30. The standard InChI is InChI=1S/C17H20BrNS/c1-11-7-8-12(2)16(9-11)20-17(13(3)19)14-5-4-6-15(18)10-14/h4-10,13,17H,19H2,1-3H3. The molecule has 0 heterocycles. The smallest absolute Gasteiger partial charge is 0.0493 e. The van der Waals surface area contributed by atoms with Crippen molar-refractivity contribution in [3.05, 3.63) is 63.6 Å². The number of rotatable bonds is 4. The second kappa shape index (κ2) is 6.79. The van der Waals surface area contributed by atoms with Crippen molar-refractivity contribution in [2.24, 2.45) is 5.73 Å². The van der Waals surface area contributed by atoms with Gasteiger partial charge >= 0.3 is 0 Å². The van der Waals surface area contributed by atoms with Crippen LogP contribution in [0.2, 0.25) is 0 Å². The van der Waals surface area contributed by atoms with E-state index in [1.807, 2.05) is 17.8 Å². The van der Waals surface area contributed by atoms with Gasteiger partial charge in [-0.05, 0) is 50.1 Å². The summed E-state index contributed by atoms with van der Waals surface area (Å²) >= 11 is 5.39. The van der Waals surface area contributed by atoms with Crippen molar-refractivity contribution in [1.29, 1.82) is 0 Å². The Bertz CT molecular complexity index is 595. The lowest BCUT2D eigenvalue weighted by Gasteiger charge is -2.22. The fourth-order valence-corrected chi connectivity index (χ4v) is 3.83. The highest BCUT2D eigenvalue weighted by atomic mass is 79.9. The van der Waals surface area contributed by atoms with Crippen LogP contribution in [0.5, 0.6) is 0 Å². The molecule has 0 bridgehead atoms. The van der Waals surface area contributed by atoms with Crippen molar-refractivity contribution in [3.63, 3.8) is 0 Å². The molecule has 0 aromatic heterocycles. The molecular formula is C17H20BrNS. The van der Waals surface area contributed by atoms with Crippen LogP contribution >= 0.6 is 27.7 Å². The molecule has 2 unspecified atom stereocenters. The van der Waals surface area contributed by atoms with E-state index in [-0.39, 0.29) is 11.3 Å². The molecule has 0 radical (unpaired) electrons. The van der Waals surface area contributed by atoms with E-state index in [1.54, 1.807) is 0 Å². The number of hydrogen-bond donors (Lipinski definition) is 1. The zero-order chi connectivity index (χ0) is 14.7. The van der Waals surface area contributed by atoms with Gasteiger partial charge in [-0.1, -0.05) is 45.8 Å². The summed E-state index contributed by atoms with van der Waals surface area (Å²) in [5, 5.41) is 0.257. The maximum atomic E-state index is 6.22. The first kappa shape index (κ1) is 15.6. The molecule has 2 aromatic rings. The lowest BCUT2D eigenvalue weighted by atomic mass is 10.1. The van der Waals surface area contributed by atoms with Gasteiger partial charge in [0.1, 0.15) is 0 Å². The van der Waals surface area contributed by atoms with Crippen molar-refractivity contribution in [2.75, 3.05) is 0 Å². The lowest BCUT2D eigenvalue weighted by molar-refractivity contribution is 0.721. The van der Waals surface area contributed by atoms with Gasteiger partial charge in [0.2, 0.25) is 0 Å². The number of thioether (sulfide) groups is 1. The molecule has 2 aromatic carbocycles. The molecule has 0 saturated carbocycles. The topological polar surface area (TPSA) is 26.0 Å². The molecule has 106 valence electrons. The summed E-state index contributed by atoms with van der Waals surface area (Å²) < 4.78 is 1.10. The minimum absolute atomic E-state index is 0.0919. The summed E-state index contributed by atoms with van der Waals surface area (Å²) in [4.78, 5) is 1.31. The Hall–Kier alpha value is -0.770.